The molecule has 0 atom stereocenters. The standard InChI is InChI=1S/C13H20N4O/c1-3-10-5-7-11(8-6-10)17-13(14)16-9-12(18)15-4-2/h5-8H,3-4,9H2,1-2H3,(H,15,18)(H3,14,16,17). The molecule has 18 heavy (non-hydrogen) atoms. The Kier molecular flexibility index (Phi) is 5.70. The zero-order chi connectivity index (χ0) is 13.4. The van der Waals surface area contributed by atoms with Crippen LogP contribution in [0.2, 0.25) is 0 Å². The average molecular weight is 248 g/mol. The first-order valence-electron chi connectivity index (χ1n) is 6.08. The summed E-state index contributed by atoms with van der Waals surface area (Å²) in [5, 5.41) is 5.59. The summed E-state index contributed by atoms with van der Waals surface area (Å²) in [7, 11) is 0. The van der Waals surface area contributed by atoms with Crippen molar-refractivity contribution in [1.29, 1.82) is 0 Å². The summed E-state index contributed by atoms with van der Waals surface area (Å²) < 4.78 is 0. The number of carbonyl (C=O) groups is 1. The highest BCUT2D eigenvalue weighted by atomic mass is 16.1. The molecule has 0 aliphatic carbocycles. The van der Waals surface area contributed by atoms with Gasteiger partial charge in [0.1, 0.15) is 6.54 Å². The van der Waals surface area contributed by atoms with E-state index in [9.17, 15) is 4.79 Å². The van der Waals surface area contributed by atoms with Crippen LogP contribution in [-0.2, 0) is 11.2 Å². The smallest absolute Gasteiger partial charge is 0.241 e. The molecule has 5 heteroatoms. The lowest BCUT2D eigenvalue weighted by molar-refractivity contribution is -0.119. The molecule has 0 fully saturated rings. The van der Waals surface area contributed by atoms with Gasteiger partial charge in [-0.2, -0.15) is 0 Å². The summed E-state index contributed by atoms with van der Waals surface area (Å²) >= 11 is 0. The fourth-order valence-corrected chi connectivity index (χ4v) is 1.42. The number of nitrogens with one attached hydrogen (secondary N) is 2. The Morgan fingerprint density at radius 2 is 1.94 bits per heavy atom. The van der Waals surface area contributed by atoms with Gasteiger partial charge in [-0.1, -0.05) is 19.1 Å². The number of hydrogen-bond donors (Lipinski definition) is 3. The largest absolute Gasteiger partial charge is 0.370 e. The van der Waals surface area contributed by atoms with Crippen LogP contribution in [0.15, 0.2) is 29.3 Å². The van der Waals surface area contributed by atoms with Crippen LogP contribution >= 0.6 is 0 Å². The van der Waals surface area contributed by atoms with E-state index in [-0.39, 0.29) is 18.4 Å². The second-order valence-corrected chi connectivity index (χ2v) is 3.83. The van der Waals surface area contributed by atoms with Crippen molar-refractivity contribution >= 4 is 17.6 Å². The molecule has 0 unspecified atom stereocenters. The Morgan fingerprint density at radius 1 is 1.28 bits per heavy atom. The van der Waals surface area contributed by atoms with Gasteiger partial charge in [-0.05, 0) is 31.0 Å². The number of hydrogen-bond acceptors (Lipinski definition) is 2. The summed E-state index contributed by atoms with van der Waals surface area (Å²) in [6.07, 6.45) is 1.00. The molecule has 1 rings (SSSR count). The second-order valence-electron chi connectivity index (χ2n) is 3.83. The van der Waals surface area contributed by atoms with Crippen LogP contribution in [0.25, 0.3) is 0 Å². The first kappa shape index (κ1) is 14.0. The van der Waals surface area contributed by atoms with Gasteiger partial charge >= 0.3 is 0 Å². The Bertz CT molecular complexity index is 412. The zero-order valence-electron chi connectivity index (χ0n) is 10.9. The molecule has 0 spiro atoms. The fraction of sp³-hybridized carbons (Fsp3) is 0.385. The Morgan fingerprint density at radius 3 is 2.50 bits per heavy atom. The van der Waals surface area contributed by atoms with Gasteiger partial charge < -0.3 is 16.4 Å². The molecule has 0 saturated carbocycles. The van der Waals surface area contributed by atoms with Crippen molar-refractivity contribution in [2.45, 2.75) is 20.3 Å². The summed E-state index contributed by atoms with van der Waals surface area (Å²) in [6.45, 7) is 4.60. The summed E-state index contributed by atoms with van der Waals surface area (Å²) in [5.41, 5.74) is 7.81. The fourth-order valence-electron chi connectivity index (χ4n) is 1.42. The van der Waals surface area contributed by atoms with E-state index in [4.69, 9.17) is 5.73 Å². The van der Waals surface area contributed by atoms with Crippen LogP contribution in [-0.4, -0.2) is 25.0 Å². The molecular formula is C13H20N4O. The van der Waals surface area contributed by atoms with Gasteiger partial charge in [-0.3, -0.25) is 4.79 Å². The minimum absolute atomic E-state index is 0.0414. The van der Waals surface area contributed by atoms with Crippen molar-refractivity contribution in [3.63, 3.8) is 0 Å². The monoisotopic (exact) mass is 248 g/mol. The minimum Gasteiger partial charge on any atom is -0.370 e. The quantitative estimate of drug-likeness (QED) is 0.539. The van der Waals surface area contributed by atoms with Gasteiger partial charge in [-0.25, -0.2) is 4.99 Å². The number of benzene rings is 1. The van der Waals surface area contributed by atoms with Crippen molar-refractivity contribution < 1.29 is 4.79 Å². The lowest BCUT2D eigenvalue weighted by atomic mass is 10.1. The number of aliphatic imine (C=N–C) groups is 1. The molecule has 0 aromatic heterocycles. The van der Waals surface area contributed by atoms with Crippen molar-refractivity contribution in [2.75, 3.05) is 18.4 Å². The first-order valence-corrected chi connectivity index (χ1v) is 6.08. The van der Waals surface area contributed by atoms with E-state index in [1.54, 1.807) is 0 Å². The number of rotatable bonds is 5. The number of anilines is 1. The highest BCUT2D eigenvalue weighted by molar-refractivity contribution is 5.93. The number of nitrogens with zero attached hydrogens (tertiary/aromatic N) is 1. The molecule has 0 radical (unpaired) electrons. The van der Waals surface area contributed by atoms with Gasteiger partial charge in [0.15, 0.2) is 5.96 Å². The third-order valence-corrected chi connectivity index (χ3v) is 2.40. The molecule has 0 saturated heterocycles. The van der Waals surface area contributed by atoms with Gasteiger partial charge in [0.2, 0.25) is 5.91 Å². The molecule has 4 N–H and O–H groups in total. The summed E-state index contributed by atoms with van der Waals surface area (Å²) in [5.74, 6) is 0.106. The predicted molar refractivity (Wildman–Crippen MR) is 74.6 cm³/mol. The number of amides is 1. The van der Waals surface area contributed by atoms with Crippen LogP contribution in [0.4, 0.5) is 5.69 Å². The number of likely N-dealkylation sites (N-methyl/N-ethyl adjacent to an activating group) is 1. The third-order valence-electron chi connectivity index (χ3n) is 2.40. The molecule has 0 aliphatic heterocycles. The van der Waals surface area contributed by atoms with Crippen molar-refractivity contribution in [1.82, 2.24) is 5.32 Å². The van der Waals surface area contributed by atoms with E-state index in [2.05, 4.69) is 22.5 Å². The molecule has 1 aromatic rings. The number of aryl methyl sites for hydroxylation is 1. The van der Waals surface area contributed by atoms with Gasteiger partial charge in [0, 0.05) is 12.2 Å². The maximum atomic E-state index is 11.2. The lowest BCUT2D eigenvalue weighted by Gasteiger charge is -2.06. The number of carbonyl (C=O) groups excluding carboxylic acids is 1. The van der Waals surface area contributed by atoms with E-state index in [1.807, 2.05) is 31.2 Å². The molecular weight excluding hydrogens is 228 g/mol. The van der Waals surface area contributed by atoms with Crippen molar-refractivity contribution in [3.05, 3.63) is 29.8 Å². The van der Waals surface area contributed by atoms with Crippen LogP contribution in [0.3, 0.4) is 0 Å². The number of guanidine groups is 1. The maximum absolute atomic E-state index is 11.2. The van der Waals surface area contributed by atoms with Gasteiger partial charge in [0.25, 0.3) is 0 Å². The molecule has 0 aliphatic rings. The summed E-state index contributed by atoms with van der Waals surface area (Å²) in [6, 6.07) is 7.93. The topological polar surface area (TPSA) is 79.5 Å². The third kappa shape index (κ3) is 4.86. The SMILES string of the molecule is CCNC(=O)CN=C(N)Nc1ccc(CC)cc1. The van der Waals surface area contributed by atoms with Gasteiger partial charge in [0.05, 0.1) is 0 Å². The molecule has 98 valence electrons. The summed E-state index contributed by atoms with van der Waals surface area (Å²) in [4.78, 5) is 15.1. The minimum atomic E-state index is -0.136. The highest BCUT2D eigenvalue weighted by Crippen LogP contribution is 2.09. The van der Waals surface area contributed by atoms with E-state index >= 15 is 0 Å². The lowest BCUT2D eigenvalue weighted by Crippen LogP contribution is -2.28. The van der Waals surface area contributed by atoms with E-state index in [0.717, 1.165) is 12.1 Å². The van der Waals surface area contributed by atoms with Crippen LogP contribution in [0, 0.1) is 0 Å². The average Bonchev–Trinajstić information content (AvgIpc) is 2.38. The van der Waals surface area contributed by atoms with Crippen molar-refractivity contribution in [2.24, 2.45) is 10.7 Å². The van der Waals surface area contributed by atoms with Crippen molar-refractivity contribution in [3.8, 4) is 0 Å². The molecule has 5 nitrogen and oxygen atoms in total. The molecule has 0 heterocycles. The van der Waals surface area contributed by atoms with Crippen LogP contribution in [0.5, 0.6) is 0 Å². The predicted octanol–water partition coefficient (Wildman–Crippen LogP) is 1.11. The first-order chi connectivity index (χ1) is 8.65. The molecule has 1 aromatic carbocycles. The van der Waals surface area contributed by atoms with Crippen LogP contribution < -0.4 is 16.4 Å². The second kappa shape index (κ2) is 7.32. The maximum Gasteiger partial charge on any atom is 0.241 e. The molecule has 0 bridgehead atoms. The zero-order valence-corrected chi connectivity index (χ0v) is 10.9. The van der Waals surface area contributed by atoms with Gasteiger partial charge in [-0.15, -0.1) is 0 Å². The normalized spacial score (nSPS) is 11.1. The Labute approximate surface area is 107 Å². The van der Waals surface area contributed by atoms with E-state index < -0.39 is 0 Å². The van der Waals surface area contributed by atoms with E-state index in [1.165, 1.54) is 5.56 Å². The Balaban J connectivity index is 2.49. The molecule has 1 amide bonds. The Hall–Kier alpha value is -2.04. The number of nitrogens with two attached hydrogens (primary N) is 1. The highest BCUT2D eigenvalue weighted by Gasteiger charge is 1.99. The van der Waals surface area contributed by atoms with E-state index in [0.29, 0.717) is 6.54 Å². The van der Waals surface area contributed by atoms with Crippen LogP contribution in [0.1, 0.15) is 19.4 Å².